The molecule has 2 aromatic rings. The summed E-state index contributed by atoms with van der Waals surface area (Å²) >= 11 is 0. The van der Waals surface area contributed by atoms with Crippen LogP contribution in [0, 0.1) is 10.1 Å². The fourth-order valence-corrected chi connectivity index (χ4v) is 3.04. The van der Waals surface area contributed by atoms with Crippen LogP contribution in [0.1, 0.15) is 16.7 Å². The second kappa shape index (κ2) is 6.70. The molecule has 0 saturated heterocycles. The van der Waals surface area contributed by atoms with Gasteiger partial charge in [0.05, 0.1) is 19.1 Å². The summed E-state index contributed by atoms with van der Waals surface area (Å²) in [5.74, 6) is 0.489. The Balaban J connectivity index is 2.05. The Morgan fingerprint density at radius 3 is 2.71 bits per heavy atom. The Morgan fingerprint density at radius 2 is 2.00 bits per heavy atom. The number of hydrogen-bond acceptors (Lipinski definition) is 5. The number of benzene rings is 2. The lowest BCUT2D eigenvalue weighted by Crippen LogP contribution is -2.16. The number of aliphatic imine (C=N–C) groups is 1. The van der Waals surface area contributed by atoms with Gasteiger partial charge in [0, 0.05) is 24.2 Å². The van der Waals surface area contributed by atoms with Crippen LogP contribution >= 0.6 is 0 Å². The first-order valence-corrected chi connectivity index (χ1v) is 7.65. The number of fused-ring (bicyclic) bond motifs is 1. The van der Waals surface area contributed by atoms with Crippen LogP contribution in [-0.2, 0) is 12.8 Å². The van der Waals surface area contributed by atoms with E-state index in [1.807, 2.05) is 18.2 Å². The summed E-state index contributed by atoms with van der Waals surface area (Å²) in [6, 6.07) is 11.5. The molecule has 0 N–H and O–H groups in total. The first kappa shape index (κ1) is 16.0. The average Bonchev–Trinajstić information content (AvgIpc) is 2.61. The Kier molecular flexibility index (Phi) is 4.46. The standard InChI is InChI=1S/C18H18N2O4/c1-23-16-8-7-13(17(20(21)22)18(16)24-2)11-15-14-6-4-3-5-12(14)9-10-19-15/h3-8H,9-11H2,1-2H3/i15+2. The number of nitro benzene ring substituents is 1. The lowest BCUT2D eigenvalue weighted by atomic mass is 10.1. The van der Waals surface area contributed by atoms with Gasteiger partial charge < -0.3 is 9.47 Å². The smallest absolute Gasteiger partial charge is 0.318 e. The highest BCUT2D eigenvalue weighted by atomic mass is 16.6. The van der Waals surface area contributed by atoms with Gasteiger partial charge in [0.15, 0.2) is 5.75 Å². The Hall–Kier alpha value is -2.89. The lowest BCUT2D eigenvalue weighted by Gasteiger charge is -2.17. The van der Waals surface area contributed by atoms with Crippen molar-refractivity contribution < 1.29 is 14.4 Å². The van der Waals surface area contributed by atoms with Gasteiger partial charge in [-0.25, -0.2) is 0 Å². The number of hydrogen-bond donors (Lipinski definition) is 0. The van der Waals surface area contributed by atoms with Crippen molar-refractivity contribution in [1.29, 1.82) is 0 Å². The third-order valence-corrected chi connectivity index (χ3v) is 4.16. The van der Waals surface area contributed by atoms with Crippen LogP contribution in [0.15, 0.2) is 41.4 Å². The van der Waals surface area contributed by atoms with Gasteiger partial charge in [0.2, 0.25) is 5.75 Å². The van der Waals surface area contributed by atoms with Crippen LogP contribution in [-0.4, -0.2) is 31.4 Å². The number of rotatable bonds is 5. The fourth-order valence-electron chi connectivity index (χ4n) is 3.04. The van der Waals surface area contributed by atoms with Gasteiger partial charge in [-0.1, -0.05) is 24.3 Å². The summed E-state index contributed by atoms with van der Waals surface area (Å²) in [6.45, 7) is 0.702. The zero-order valence-corrected chi connectivity index (χ0v) is 13.6. The molecule has 0 spiro atoms. The van der Waals surface area contributed by atoms with Crippen molar-refractivity contribution in [2.75, 3.05) is 20.8 Å². The van der Waals surface area contributed by atoms with Gasteiger partial charge in [0.25, 0.3) is 0 Å². The predicted molar refractivity (Wildman–Crippen MR) is 91.5 cm³/mol. The molecular weight excluding hydrogens is 310 g/mol. The summed E-state index contributed by atoms with van der Waals surface area (Å²) in [5, 5.41) is 11.6. The van der Waals surface area contributed by atoms with E-state index in [9.17, 15) is 10.1 Å². The third kappa shape index (κ3) is 2.82. The zero-order chi connectivity index (χ0) is 17.1. The van der Waals surface area contributed by atoms with Crippen LogP contribution in [0.25, 0.3) is 0 Å². The Morgan fingerprint density at radius 1 is 1.21 bits per heavy atom. The molecule has 0 aromatic heterocycles. The number of ether oxygens (including phenoxy) is 2. The largest absolute Gasteiger partial charge is 0.493 e. The van der Waals surface area contributed by atoms with E-state index >= 15 is 0 Å². The van der Waals surface area contributed by atoms with E-state index in [4.69, 9.17) is 9.47 Å². The molecule has 124 valence electrons. The van der Waals surface area contributed by atoms with Crippen LogP contribution in [0.4, 0.5) is 5.69 Å². The number of nitrogens with zero attached hydrogens (tertiary/aromatic N) is 2. The number of nitro groups is 1. The van der Waals surface area contributed by atoms with E-state index in [2.05, 4.69) is 11.1 Å². The molecule has 1 aliphatic rings. The van der Waals surface area contributed by atoms with E-state index < -0.39 is 4.92 Å². The molecule has 24 heavy (non-hydrogen) atoms. The fraction of sp³-hybridized carbons (Fsp3) is 0.278. The van der Waals surface area contributed by atoms with Gasteiger partial charge in [0.1, 0.15) is 0 Å². The van der Waals surface area contributed by atoms with Crippen molar-refractivity contribution in [3.8, 4) is 11.5 Å². The van der Waals surface area contributed by atoms with Gasteiger partial charge in [-0.2, -0.15) is 0 Å². The van der Waals surface area contributed by atoms with Gasteiger partial charge in [-0.3, -0.25) is 15.1 Å². The summed E-state index contributed by atoms with van der Waals surface area (Å²) in [6.07, 6.45) is 1.28. The molecule has 0 fully saturated rings. The highest BCUT2D eigenvalue weighted by molar-refractivity contribution is 6.04. The number of methoxy groups -OCH3 is 2. The predicted octanol–water partition coefficient (Wildman–Crippen LogP) is 3.20. The minimum Gasteiger partial charge on any atom is -0.493 e. The van der Waals surface area contributed by atoms with Gasteiger partial charge in [-0.15, -0.1) is 0 Å². The monoisotopic (exact) mass is 328 g/mol. The molecule has 0 radical (unpaired) electrons. The van der Waals surface area contributed by atoms with Crippen LogP contribution in [0.5, 0.6) is 11.5 Å². The molecule has 0 unspecified atom stereocenters. The Bertz CT molecular complexity index is 815. The van der Waals surface area contributed by atoms with E-state index in [0.29, 0.717) is 24.3 Å². The normalized spacial score (nSPS) is 13.0. The molecule has 0 bridgehead atoms. The summed E-state index contributed by atoms with van der Waals surface area (Å²) in [7, 11) is 2.87. The SMILES string of the molecule is COc1ccc(C[14C]2=NCCc3ccccc32)c([N+](=O)[O-])c1OC. The molecule has 0 saturated carbocycles. The summed E-state index contributed by atoms with van der Waals surface area (Å²) in [4.78, 5) is 15.7. The van der Waals surface area contributed by atoms with E-state index in [1.54, 1.807) is 12.1 Å². The molecule has 0 aliphatic carbocycles. The van der Waals surface area contributed by atoms with Gasteiger partial charge in [-0.05, 0) is 29.7 Å². The van der Waals surface area contributed by atoms with Crippen molar-refractivity contribution in [1.82, 2.24) is 0 Å². The zero-order valence-electron chi connectivity index (χ0n) is 13.6. The molecule has 2 aromatic carbocycles. The summed E-state index contributed by atoms with van der Waals surface area (Å²) < 4.78 is 10.4. The lowest BCUT2D eigenvalue weighted by molar-refractivity contribution is -0.386. The van der Waals surface area contributed by atoms with Gasteiger partial charge >= 0.3 is 5.69 Å². The molecule has 6 heteroatoms. The molecule has 3 rings (SSSR count). The minimum atomic E-state index is -0.425. The minimum absolute atomic E-state index is 0.0670. The maximum Gasteiger partial charge on any atom is 0.318 e. The topological polar surface area (TPSA) is 74.0 Å². The second-order valence-electron chi connectivity index (χ2n) is 5.48. The first-order valence-electron chi connectivity index (χ1n) is 7.65. The quantitative estimate of drug-likeness (QED) is 0.624. The Labute approximate surface area is 139 Å². The van der Waals surface area contributed by atoms with Crippen molar-refractivity contribution in [2.45, 2.75) is 12.8 Å². The van der Waals surface area contributed by atoms with Crippen molar-refractivity contribution in [3.05, 3.63) is 63.2 Å². The summed E-state index contributed by atoms with van der Waals surface area (Å²) in [5.41, 5.74) is 3.65. The van der Waals surface area contributed by atoms with Crippen LogP contribution in [0.3, 0.4) is 0 Å². The highest BCUT2D eigenvalue weighted by Gasteiger charge is 2.26. The van der Waals surface area contributed by atoms with Crippen LogP contribution < -0.4 is 9.47 Å². The van der Waals surface area contributed by atoms with Crippen LogP contribution in [0.2, 0.25) is 0 Å². The third-order valence-electron chi connectivity index (χ3n) is 4.16. The van der Waals surface area contributed by atoms with E-state index in [-0.39, 0.29) is 11.4 Å². The van der Waals surface area contributed by atoms with E-state index in [1.165, 1.54) is 19.8 Å². The average molecular weight is 328 g/mol. The molecule has 0 amide bonds. The maximum atomic E-state index is 11.6. The second-order valence-corrected chi connectivity index (χ2v) is 5.48. The van der Waals surface area contributed by atoms with E-state index in [0.717, 1.165) is 17.7 Å². The molecule has 0 atom stereocenters. The molecule has 1 aliphatic heterocycles. The highest BCUT2D eigenvalue weighted by Crippen LogP contribution is 2.40. The first-order chi connectivity index (χ1) is 11.7. The molecular formula is C18H18N2O4. The molecule has 1 heterocycles. The van der Waals surface area contributed by atoms with Crippen molar-refractivity contribution in [2.24, 2.45) is 4.99 Å². The van der Waals surface area contributed by atoms with Crippen molar-refractivity contribution in [3.63, 3.8) is 0 Å². The molecule has 6 nitrogen and oxygen atoms in total. The van der Waals surface area contributed by atoms with Crippen molar-refractivity contribution >= 4 is 11.4 Å². The maximum absolute atomic E-state index is 11.6.